The zero-order chi connectivity index (χ0) is 24.7. The Hall–Kier alpha value is -2.28. The fourth-order valence-electron chi connectivity index (χ4n) is 2.29. The first kappa shape index (κ1) is 30.7. The first-order chi connectivity index (χ1) is 15.9. The van der Waals surface area contributed by atoms with E-state index in [4.69, 9.17) is 29.4 Å². The number of imide groups is 1. The minimum atomic E-state index is -1.12. The van der Waals surface area contributed by atoms with Crippen LogP contribution in [0.4, 0.5) is 4.79 Å². The largest absolute Gasteiger partial charge is 0.533 e. The van der Waals surface area contributed by atoms with Gasteiger partial charge in [0.15, 0.2) is 0 Å². The van der Waals surface area contributed by atoms with Gasteiger partial charge in [-0.05, 0) is 12.8 Å². The number of hydrogen-bond donors (Lipinski definition) is 1. The molecule has 0 atom stereocenters. The summed E-state index contributed by atoms with van der Waals surface area (Å²) in [4.78, 5) is 49.4. The van der Waals surface area contributed by atoms with E-state index in [2.05, 4.69) is 4.84 Å². The molecule has 33 heavy (non-hydrogen) atoms. The number of rotatable bonds is 20. The SMILES string of the molecule is CCC(=O)N(OC(=O)OCCCOCCOCCOCCOCCCCCC(N)=O)C(C)=O. The number of hydrogen-bond acceptors (Lipinski definition) is 10. The number of nitrogens with zero attached hydrogens (tertiary/aromatic N) is 1. The molecule has 0 aromatic rings. The zero-order valence-corrected chi connectivity index (χ0v) is 19.7. The van der Waals surface area contributed by atoms with Gasteiger partial charge in [0.1, 0.15) is 0 Å². The van der Waals surface area contributed by atoms with E-state index in [-0.39, 0.29) is 18.9 Å². The first-order valence-corrected chi connectivity index (χ1v) is 11.2. The fourth-order valence-corrected chi connectivity index (χ4v) is 2.29. The fraction of sp³-hybridized carbons (Fsp3) is 0.810. The van der Waals surface area contributed by atoms with Gasteiger partial charge in [-0.25, -0.2) is 4.79 Å². The molecule has 0 heterocycles. The van der Waals surface area contributed by atoms with Crippen molar-refractivity contribution in [3.8, 4) is 0 Å². The van der Waals surface area contributed by atoms with Crippen molar-refractivity contribution >= 4 is 23.9 Å². The minimum Gasteiger partial charge on any atom is -0.433 e. The van der Waals surface area contributed by atoms with Crippen molar-refractivity contribution in [1.29, 1.82) is 0 Å². The van der Waals surface area contributed by atoms with Gasteiger partial charge in [0.05, 0.1) is 46.2 Å². The molecule has 0 saturated carbocycles. The molecule has 0 aliphatic rings. The standard InChI is InChI=1S/C21H38N2O10/c1-3-20(26)23(18(2)24)33-21(27)32-11-7-10-29-13-15-31-17-16-30-14-12-28-9-6-4-5-8-19(22)25/h3-17H2,1-2H3,(H2,22,25). The molecule has 192 valence electrons. The average molecular weight is 479 g/mol. The van der Waals surface area contributed by atoms with Gasteiger partial charge in [-0.2, -0.15) is 0 Å². The molecule has 12 heteroatoms. The number of ether oxygens (including phenoxy) is 5. The molecule has 0 spiro atoms. The molecule has 0 fully saturated rings. The third kappa shape index (κ3) is 20.1. The highest BCUT2D eigenvalue weighted by Crippen LogP contribution is 2.01. The van der Waals surface area contributed by atoms with Crippen molar-refractivity contribution in [3.63, 3.8) is 0 Å². The van der Waals surface area contributed by atoms with Crippen LogP contribution in [-0.2, 0) is 42.9 Å². The van der Waals surface area contributed by atoms with Crippen LogP contribution in [0.3, 0.4) is 0 Å². The van der Waals surface area contributed by atoms with Gasteiger partial charge in [-0.1, -0.05) is 18.4 Å². The van der Waals surface area contributed by atoms with Crippen molar-refractivity contribution in [2.45, 2.75) is 52.4 Å². The highest BCUT2D eigenvalue weighted by Gasteiger charge is 2.22. The van der Waals surface area contributed by atoms with Crippen LogP contribution in [0.25, 0.3) is 0 Å². The molecule has 0 rings (SSSR count). The minimum absolute atomic E-state index is 0.0190. The van der Waals surface area contributed by atoms with E-state index in [0.29, 0.717) is 70.8 Å². The molecule has 12 nitrogen and oxygen atoms in total. The zero-order valence-electron chi connectivity index (χ0n) is 19.7. The van der Waals surface area contributed by atoms with E-state index in [1.807, 2.05) is 0 Å². The summed E-state index contributed by atoms with van der Waals surface area (Å²) < 4.78 is 26.3. The predicted molar refractivity (Wildman–Crippen MR) is 116 cm³/mol. The van der Waals surface area contributed by atoms with Crippen molar-refractivity contribution in [3.05, 3.63) is 0 Å². The van der Waals surface area contributed by atoms with Crippen LogP contribution in [0.15, 0.2) is 0 Å². The topological polar surface area (TPSA) is 153 Å². The Morgan fingerprint density at radius 3 is 1.70 bits per heavy atom. The molecule has 3 amide bonds. The Morgan fingerprint density at radius 1 is 0.697 bits per heavy atom. The van der Waals surface area contributed by atoms with Crippen LogP contribution < -0.4 is 5.73 Å². The Bertz CT molecular complexity index is 559. The quantitative estimate of drug-likeness (QED) is 0.154. The maximum absolute atomic E-state index is 11.5. The first-order valence-electron chi connectivity index (χ1n) is 11.2. The molecular formula is C21H38N2O10. The summed E-state index contributed by atoms with van der Waals surface area (Å²) in [5.74, 6) is -1.60. The summed E-state index contributed by atoms with van der Waals surface area (Å²) in [5.41, 5.74) is 5.06. The molecule has 0 radical (unpaired) electrons. The summed E-state index contributed by atoms with van der Waals surface area (Å²) in [7, 11) is 0. The second kappa shape index (κ2) is 21.6. The summed E-state index contributed by atoms with van der Waals surface area (Å²) in [6.07, 6.45) is 2.34. The molecular weight excluding hydrogens is 440 g/mol. The molecule has 0 unspecified atom stereocenters. The van der Waals surface area contributed by atoms with Gasteiger partial charge in [-0.15, -0.1) is 0 Å². The molecule has 0 aliphatic heterocycles. The maximum Gasteiger partial charge on any atom is 0.533 e. The highest BCUT2D eigenvalue weighted by molar-refractivity contribution is 5.93. The smallest absolute Gasteiger partial charge is 0.433 e. The van der Waals surface area contributed by atoms with Crippen molar-refractivity contribution in [2.24, 2.45) is 5.73 Å². The van der Waals surface area contributed by atoms with Gasteiger partial charge in [0.25, 0.3) is 11.8 Å². The third-order valence-corrected chi connectivity index (χ3v) is 3.96. The van der Waals surface area contributed by atoms with Crippen LogP contribution in [0.1, 0.15) is 52.4 Å². The summed E-state index contributed by atoms with van der Waals surface area (Å²) in [6.45, 7) is 6.33. The Balaban J connectivity index is 3.35. The molecule has 0 aromatic heterocycles. The van der Waals surface area contributed by atoms with E-state index >= 15 is 0 Å². The summed E-state index contributed by atoms with van der Waals surface area (Å²) >= 11 is 0. The van der Waals surface area contributed by atoms with Crippen molar-refractivity contribution in [1.82, 2.24) is 5.06 Å². The van der Waals surface area contributed by atoms with Crippen molar-refractivity contribution < 1.29 is 47.7 Å². The number of hydroxylamine groups is 2. The number of amides is 3. The Kier molecular flexibility index (Phi) is 20.1. The summed E-state index contributed by atoms with van der Waals surface area (Å²) in [6, 6.07) is 0. The number of carbonyl (C=O) groups excluding carboxylic acids is 4. The molecule has 2 N–H and O–H groups in total. The van der Waals surface area contributed by atoms with Crippen LogP contribution in [0.2, 0.25) is 0 Å². The van der Waals surface area contributed by atoms with Crippen LogP contribution in [0.5, 0.6) is 0 Å². The van der Waals surface area contributed by atoms with Crippen LogP contribution in [-0.4, -0.2) is 88.4 Å². The van der Waals surface area contributed by atoms with Crippen LogP contribution >= 0.6 is 0 Å². The second-order valence-electron chi connectivity index (χ2n) is 6.83. The normalized spacial score (nSPS) is 10.6. The molecule has 0 aromatic carbocycles. The Morgan fingerprint density at radius 2 is 1.21 bits per heavy atom. The van der Waals surface area contributed by atoms with E-state index in [1.165, 1.54) is 6.92 Å². The third-order valence-electron chi connectivity index (χ3n) is 3.96. The van der Waals surface area contributed by atoms with E-state index in [0.717, 1.165) is 26.2 Å². The van der Waals surface area contributed by atoms with E-state index in [1.54, 1.807) is 0 Å². The molecule has 0 bridgehead atoms. The highest BCUT2D eigenvalue weighted by atomic mass is 16.8. The number of carbonyl (C=O) groups is 4. The summed E-state index contributed by atoms with van der Waals surface area (Å²) in [5, 5.41) is 0.379. The van der Waals surface area contributed by atoms with Gasteiger partial charge in [0.2, 0.25) is 5.91 Å². The van der Waals surface area contributed by atoms with Gasteiger partial charge in [0, 0.05) is 39.4 Å². The van der Waals surface area contributed by atoms with E-state index in [9.17, 15) is 19.2 Å². The lowest BCUT2D eigenvalue weighted by atomic mass is 10.2. The lowest BCUT2D eigenvalue weighted by Gasteiger charge is -2.16. The van der Waals surface area contributed by atoms with Gasteiger partial charge < -0.3 is 29.4 Å². The average Bonchev–Trinajstić information content (AvgIpc) is 2.78. The predicted octanol–water partition coefficient (Wildman–Crippen LogP) is 1.34. The number of nitrogens with two attached hydrogens (primary N) is 1. The van der Waals surface area contributed by atoms with Crippen molar-refractivity contribution in [2.75, 3.05) is 59.5 Å². The molecule has 0 saturated heterocycles. The second-order valence-corrected chi connectivity index (χ2v) is 6.83. The maximum atomic E-state index is 11.5. The molecule has 0 aliphatic carbocycles. The Labute approximate surface area is 194 Å². The van der Waals surface area contributed by atoms with Gasteiger partial charge in [-0.3, -0.25) is 19.2 Å². The lowest BCUT2D eigenvalue weighted by Crippen LogP contribution is -2.37. The van der Waals surface area contributed by atoms with E-state index < -0.39 is 18.0 Å². The lowest BCUT2D eigenvalue weighted by molar-refractivity contribution is -0.183. The monoisotopic (exact) mass is 478 g/mol. The number of primary amides is 1. The van der Waals surface area contributed by atoms with Crippen LogP contribution in [0, 0.1) is 0 Å². The van der Waals surface area contributed by atoms with Gasteiger partial charge >= 0.3 is 6.16 Å². The number of unbranched alkanes of at least 4 members (excludes halogenated alkanes) is 2.